The lowest BCUT2D eigenvalue weighted by atomic mass is 10.2. The van der Waals surface area contributed by atoms with Crippen molar-refractivity contribution in [1.29, 1.82) is 0 Å². The van der Waals surface area contributed by atoms with Crippen LogP contribution in [-0.2, 0) is 0 Å². The molecule has 2 rings (SSSR count). The van der Waals surface area contributed by atoms with E-state index in [1.807, 2.05) is 18.0 Å². The Morgan fingerprint density at radius 2 is 2.19 bits per heavy atom. The molecular weight excluding hydrogens is 207 g/mol. The van der Waals surface area contributed by atoms with E-state index in [0.29, 0.717) is 0 Å². The van der Waals surface area contributed by atoms with Gasteiger partial charge in [0.1, 0.15) is 0 Å². The minimum absolute atomic E-state index is 0.0643. The molecule has 0 unspecified atom stereocenters. The molecule has 2 N–H and O–H groups in total. The van der Waals surface area contributed by atoms with E-state index in [9.17, 15) is 4.39 Å². The molecule has 1 aliphatic rings. The second kappa shape index (κ2) is 3.94. The molecule has 0 saturated heterocycles. The fourth-order valence-electron chi connectivity index (χ4n) is 1.78. The van der Waals surface area contributed by atoms with E-state index < -0.39 is 0 Å². The van der Waals surface area contributed by atoms with Crippen molar-refractivity contribution in [2.75, 3.05) is 25.6 Å². The van der Waals surface area contributed by atoms with Crippen molar-refractivity contribution in [3.05, 3.63) is 24.0 Å². The molecule has 1 saturated carbocycles. The molecule has 3 nitrogen and oxygen atoms in total. The number of hydrogen-bond acceptors (Lipinski definition) is 3. The number of benzene rings is 1. The molecule has 0 aromatic heterocycles. The number of ether oxygens (including phenoxy) is 1. The molecule has 1 aromatic rings. The fourth-order valence-corrected chi connectivity index (χ4v) is 1.78. The smallest absolute Gasteiger partial charge is 0.167 e. The highest BCUT2D eigenvalue weighted by Gasteiger charge is 2.39. The zero-order valence-electron chi connectivity index (χ0n) is 9.66. The van der Waals surface area contributed by atoms with Crippen molar-refractivity contribution < 1.29 is 9.13 Å². The Morgan fingerprint density at radius 3 is 2.69 bits per heavy atom. The zero-order chi connectivity index (χ0) is 11.8. The topological polar surface area (TPSA) is 38.5 Å². The van der Waals surface area contributed by atoms with Gasteiger partial charge in [-0.15, -0.1) is 0 Å². The molecule has 0 aliphatic heterocycles. The first-order valence-corrected chi connectivity index (χ1v) is 5.38. The first-order chi connectivity index (χ1) is 7.54. The maximum absolute atomic E-state index is 13.5. The Hall–Kier alpha value is -1.29. The van der Waals surface area contributed by atoms with Gasteiger partial charge in [0, 0.05) is 30.9 Å². The van der Waals surface area contributed by atoms with Crippen LogP contribution >= 0.6 is 0 Å². The summed E-state index contributed by atoms with van der Waals surface area (Å²) in [6.07, 6.45) is 2.10. The Balaban J connectivity index is 2.11. The van der Waals surface area contributed by atoms with Gasteiger partial charge < -0.3 is 15.4 Å². The van der Waals surface area contributed by atoms with Crippen LogP contribution in [0.25, 0.3) is 0 Å². The quantitative estimate of drug-likeness (QED) is 0.847. The van der Waals surface area contributed by atoms with Crippen LogP contribution in [0.1, 0.15) is 12.8 Å². The molecule has 1 fully saturated rings. The number of nitrogens with two attached hydrogens (primary N) is 1. The second-order valence-corrected chi connectivity index (χ2v) is 4.54. The van der Waals surface area contributed by atoms with Gasteiger partial charge >= 0.3 is 0 Å². The molecule has 0 heterocycles. The maximum atomic E-state index is 13.5. The minimum atomic E-state index is -0.339. The standard InChI is InChI=1S/C12H17FN2O/c1-15(8-12(14)5-6-12)9-3-4-11(16-2)10(13)7-9/h3-4,7H,5-6,8,14H2,1-2H3. The van der Waals surface area contributed by atoms with E-state index >= 15 is 0 Å². The van der Waals surface area contributed by atoms with E-state index in [4.69, 9.17) is 10.5 Å². The van der Waals surface area contributed by atoms with Gasteiger partial charge in [-0.1, -0.05) is 0 Å². The van der Waals surface area contributed by atoms with Crippen molar-refractivity contribution in [3.8, 4) is 5.75 Å². The number of methoxy groups -OCH3 is 1. The summed E-state index contributed by atoms with van der Waals surface area (Å²) >= 11 is 0. The second-order valence-electron chi connectivity index (χ2n) is 4.54. The maximum Gasteiger partial charge on any atom is 0.167 e. The Labute approximate surface area is 95.0 Å². The summed E-state index contributed by atoms with van der Waals surface area (Å²) in [6, 6.07) is 4.95. The van der Waals surface area contributed by atoms with Gasteiger partial charge in [0.05, 0.1) is 7.11 Å². The van der Waals surface area contributed by atoms with Gasteiger partial charge in [-0.05, 0) is 25.0 Å². The third-order valence-corrected chi connectivity index (χ3v) is 3.02. The number of nitrogens with zero attached hydrogens (tertiary/aromatic N) is 1. The Kier molecular flexibility index (Phi) is 2.76. The summed E-state index contributed by atoms with van der Waals surface area (Å²) in [6.45, 7) is 0.763. The van der Waals surface area contributed by atoms with Crippen LogP contribution in [0.4, 0.5) is 10.1 Å². The number of hydrogen-bond donors (Lipinski definition) is 1. The number of halogens is 1. The molecule has 0 atom stereocenters. The first-order valence-electron chi connectivity index (χ1n) is 5.38. The third kappa shape index (κ3) is 2.27. The third-order valence-electron chi connectivity index (χ3n) is 3.02. The van der Waals surface area contributed by atoms with Crippen LogP contribution in [0, 0.1) is 5.82 Å². The summed E-state index contributed by atoms with van der Waals surface area (Å²) in [7, 11) is 3.38. The lowest BCUT2D eigenvalue weighted by molar-refractivity contribution is 0.386. The predicted octanol–water partition coefficient (Wildman–Crippen LogP) is 1.76. The average Bonchev–Trinajstić information content (AvgIpc) is 2.95. The van der Waals surface area contributed by atoms with Crippen LogP contribution in [0.3, 0.4) is 0 Å². The molecule has 0 amide bonds. The van der Waals surface area contributed by atoms with Crippen molar-refractivity contribution in [1.82, 2.24) is 0 Å². The van der Waals surface area contributed by atoms with Gasteiger partial charge in [0.15, 0.2) is 11.6 Å². The molecule has 0 radical (unpaired) electrons. The lowest BCUT2D eigenvalue weighted by Crippen LogP contribution is -2.37. The molecule has 0 bridgehead atoms. The molecule has 0 spiro atoms. The summed E-state index contributed by atoms with van der Waals surface area (Å²) in [5, 5.41) is 0. The van der Waals surface area contributed by atoms with Crippen molar-refractivity contribution in [2.24, 2.45) is 5.73 Å². The van der Waals surface area contributed by atoms with Crippen LogP contribution in [0.2, 0.25) is 0 Å². The normalized spacial score (nSPS) is 17.0. The van der Waals surface area contributed by atoms with Gasteiger partial charge in [-0.2, -0.15) is 0 Å². The van der Waals surface area contributed by atoms with Gasteiger partial charge in [0.25, 0.3) is 0 Å². The number of likely N-dealkylation sites (N-methyl/N-ethyl adjacent to an activating group) is 1. The van der Waals surface area contributed by atoms with Crippen LogP contribution < -0.4 is 15.4 Å². The van der Waals surface area contributed by atoms with E-state index in [1.54, 1.807) is 6.07 Å². The fraction of sp³-hybridized carbons (Fsp3) is 0.500. The van der Waals surface area contributed by atoms with Gasteiger partial charge in [-0.3, -0.25) is 0 Å². The van der Waals surface area contributed by atoms with E-state index in [-0.39, 0.29) is 17.1 Å². The molecule has 1 aromatic carbocycles. The largest absolute Gasteiger partial charge is 0.494 e. The monoisotopic (exact) mass is 224 g/mol. The molecule has 16 heavy (non-hydrogen) atoms. The van der Waals surface area contributed by atoms with Gasteiger partial charge in [-0.25, -0.2) is 4.39 Å². The lowest BCUT2D eigenvalue weighted by Gasteiger charge is -2.23. The molecule has 4 heteroatoms. The van der Waals surface area contributed by atoms with Gasteiger partial charge in [0.2, 0.25) is 0 Å². The molecule has 88 valence electrons. The van der Waals surface area contributed by atoms with Crippen molar-refractivity contribution >= 4 is 5.69 Å². The Bertz CT molecular complexity index is 391. The SMILES string of the molecule is COc1ccc(N(C)CC2(N)CC2)cc1F. The Morgan fingerprint density at radius 1 is 1.50 bits per heavy atom. The number of anilines is 1. The molecular formula is C12H17FN2O. The zero-order valence-corrected chi connectivity index (χ0v) is 9.66. The van der Waals surface area contributed by atoms with E-state index in [0.717, 1.165) is 25.1 Å². The van der Waals surface area contributed by atoms with Crippen LogP contribution in [0.15, 0.2) is 18.2 Å². The summed E-state index contributed by atoms with van der Waals surface area (Å²) in [5.74, 6) is -0.0697. The van der Waals surface area contributed by atoms with Crippen molar-refractivity contribution in [2.45, 2.75) is 18.4 Å². The van der Waals surface area contributed by atoms with E-state index in [2.05, 4.69) is 0 Å². The highest BCUT2D eigenvalue weighted by atomic mass is 19.1. The highest BCUT2D eigenvalue weighted by Crippen LogP contribution is 2.34. The van der Waals surface area contributed by atoms with Crippen LogP contribution in [-0.4, -0.2) is 26.2 Å². The number of rotatable bonds is 4. The highest BCUT2D eigenvalue weighted by molar-refractivity contribution is 5.49. The van der Waals surface area contributed by atoms with E-state index in [1.165, 1.54) is 13.2 Å². The average molecular weight is 224 g/mol. The minimum Gasteiger partial charge on any atom is -0.494 e. The molecule has 1 aliphatic carbocycles. The van der Waals surface area contributed by atoms with Crippen LogP contribution in [0.5, 0.6) is 5.75 Å². The summed E-state index contributed by atoms with van der Waals surface area (Å²) in [5.41, 5.74) is 6.78. The first kappa shape index (κ1) is 11.2. The van der Waals surface area contributed by atoms with Crippen molar-refractivity contribution in [3.63, 3.8) is 0 Å². The predicted molar refractivity (Wildman–Crippen MR) is 62.4 cm³/mol. The summed E-state index contributed by atoms with van der Waals surface area (Å²) in [4.78, 5) is 1.98. The summed E-state index contributed by atoms with van der Waals surface area (Å²) < 4.78 is 18.4.